The van der Waals surface area contributed by atoms with E-state index in [1.54, 1.807) is 19.1 Å². The number of hydrogen-bond donors (Lipinski definition) is 1. The predicted molar refractivity (Wildman–Crippen MR) is 37.9 cm³/mol. The molecule has 0 aliphatic heterocycles. The summed E-state index contributed by atoms with van der Waals surface area (Å²) in [6, 6.07) is 3.19. The molecule has 1 aromatic heterocycles. The lowest BCUT2D eigenvalue weighted by Crippen LogP contribution is -2.03. The number of aromatic nitrogens is 1. The van der Waals surface area contributed by atoms with Crippen LogP contribution in [-0.4, -0.2) is 18.0 Å². The molecule has 0 radical (unpaired) electrons. The lowest BCUT2D eigenvalue weighted by atomic mass is 10.3. The van der Waals surface area contributed by atoms with E-state index in [-0.39, 0.29) is 5.03 Å². The fourth-order valence-corrected chi connectivity index (χ4v) is 1.45. The van der Waals surface area contributed by atoms with Crippen LogP contribution in [-0.2, 0) is 10.1 Å². The van der Waals surface area contributed by atoms with Crippen molar-refractivity contribution in [2.75, 3.05) is 0 Å². The van der Waals surface area contributed by atoms with Gasteiger partial charge in [-0.05, 0) is 6.92 Å². The first kappa shape index (κ1) is 8.16. The molecule has 0 spiro atoms. The van der Waals surface area contributed by atoms with Gasteiger partial charge in [0, 0.05) is 6.07 Å². The first-order valence-electron chi connectivity index (χ1n) is 2.95. The van der Waals surface area contributed by atoms with Crippen LogP contribution in [0.25, 0.3) is 0 Å². The van der Waals surface area contributed by atoms with E-state index in [4.69, 9.17) is 0 Å². The number of H-pyrrole nitrogens is 1. The van der Waals surface area contributed by atoms with Gasteiger partial charge in [-0.1, -0.05) is 0 Å². The van der Waals surface area contributed by atoms with E-state index in [1.165, 1.54) is 6.20 Å². The second kappa shape index (κ2) is 2.60. The topological polar surface area (TPSA) is 73.0 Å². The molecular formula is C6H7NO3S. The minimum Gasteiger partial charge on any atom is -0.732 e. The Bertz CT molecular complexity index is 358. The molecule has 1 aromatic rings. The maximum absolute atomic E-state index is 10.5. The van der Waals surface area contributed by atoms with Crippen LogP contribution in [0.3, 0.4) is 0 Å². The van der Waals surface area contributed by atoms with E-state index in [0.717, 1.165) is 0 Å². The van der Waals surface area contributed by atoms with E-state index >= 15 is 0 Å². The van der Waals surface area contributed by atoms with Crippen molar-refractivity contribution in [3.8, 4) is 0 Å². The van der Waals surface area contributed by atoms with Gasteiger partial charge in [-0.3, -0.25) is 0 Å². The van der Waals surface area contributed by atoms with Gasteiger partial charge in [0.05, 0.1) is 11.6 Å². The number of pyridine rings is 1. The Labute approximate surface area is 64.6 Å². The molecule has 0 saturated carbocycles. The fraction of sp³-hybridized carbons (Fsp3) is 0.167. The number of rotatable bonds is 1. The molecule has 0 aromatic carbocycles. The third-order valence-corrected chi connectivity index (χ3v) is 2.20. The third-order valence-electron chi connectivity index (χ3n) is 1.27. The van der Waals surface area contributed by atoms with Gasteiger partial charge in [-0.15, -0.1) is 0 Å². The molecule has 0 saturated heterocycles. The molecule has 0 aliphatic carbocycles. The molecule has 0 bridgehead atoms. The van der Waals surface area contributed by atoms with E-state index in [1.807, 2.05) is 0 Å². The smallest absolute Gasteiger partial charge is 0.223 e. The van der Waals surface area contributed by atoms with Gasteiger partial charge in [0.2, 0.25) is 5.03 Å². The van der Waals surface area contributed by atoms with Gasteiger partial charge in [0.1, 0.15) is 6.20 Å². The molecule has 0 atom stereocenters. The van der Waals surface area contributed by atoms with Gasteiger partial charge in [-0.25, -0.2) is 13.4 Å². The normalized spacial score (nSPS) is 11.5. The predicted octanol–water partition coefficient (Wildman–Crippen LogP) is 0.508. The molecule has 1 N–H and O–H groups in total. The zero-order valence-corrected chi connectivity index (χ0v) is 6.68. The van der Waals surface area contributed by atoms with Gasteiger partial charge >= 0.3 is 0 Å². The monoisotopic (exact) mass is 173 g/mol. The second-order valence-corrected chi connectivity index (χ2v) is 3.45. The highest BCUT2D eigenvalue weighted by Gasteiger charge is 2.10. The molecule has 0 aliphatic rings. The summed E-state index contributed by atoms with van der Waals surface area (Å²) in [4.78, 5) is 2.38. The number of hydrogen-bond acceptors (Lipinski definition) is 3. The van der Waals surface area contributed by atoms with E-state index < -0.39 is 10.1 Å². The van der Waals surface area contributed by atoms with Crippen LogP contribution < -0.4 is 0 Å². The van der Waals surface area contributed by atoms with Crippen LogP contribution in [0.15, 0.2) is 23.4 Å². The number of aromatic amines is 1. The lowest BCUT2D eigenvalue weighted by molar-refractivity contribution is 0.458. The van der Waals surface area contributed by atoms with Gasteiger partial charge in [-0.2, -0.15) is 0 Å². The van der Waals surface area contributed by atoms with Crippen molar-refractivity contribution < 1.29 is 13.0 Å². The molecular weight excluding hydrogens is 166 g/mol. The van der Waals surface area contributed by atoms with E-state index in [9.17, 15) is 13.0 Å². The highest BCUT2D eigenvalue weighted by Crippen LogP contribution is 2.08. The highest BCUT2D eigenvalue weighted by atomic mass is 32.2. The standard InChI is InChI=1S/C6H7NO3S/c1-5-3-2-4-7-6(5)11(8,9)10/h2-4,7H,1H3. The summed E-state index contributed by atoms with van der Waals surface area (Å²) in [7, 11) is -4.34. The first-order chi connectivity index (χ1) is 5.02. The van der Waals surface area contributed by atoms with Gasteiger partial charge in [0.15, 0.2) is 10.1 Å². The fourth-order valence-electron chi connectivity index (χ4n) is 0.775. The maximum atomic E-state index is 10.5. The van der Waals surface area contributed by atoms with Crippen LogP contribution in [0.5, 0.6) is 0 Å². The average Bonchev–Trinajstić information content (AvgIpc) is 1.86. The minimum atomic E-state index is -4.34. The molecule has 0 unspecified atom stereocenters. The first-order valence-corrected chi connectivity index (χ1v) is 4.36. The SMILES string of the molecule is Cc1ccc[nH][c+]1S(=O)(=O)[O-]. The van der Waals surface area contributed by atoms with Crippen molar-refractivity contribution in [1.29, 1.82) is 0 Å². The van der Waals surface area contributed by atoms with Crippen molar-refractivity contribution in [3.63, 3.8) is 0 Å². The van der Waals surface area contributed by atoms with Crippen molar-refractivity contribution >= 4 is 10.1 Å². The van der Waals surface area contributed by atoms with Crippen molar-refractivity contribution in [2.45, 2.75) is 11.9 Å². The van der Waals surface area contributed by atoms with Gasteiger partial charge in [0.25, 0.3) is 0 Å². The van der Waals surface area contributed by atoms with Crippen LogP contribution in [0, 0.1) is 6.92 Å². The zero-order chi connectivity index (χ0) is 8.48. The zero-order valence-electron chi connectivity index (χ0n) is 5.87. The molecule has 60 valence electrons. The lowest BCUT2D eigenvalue weighted by Gasteiger charge is -2.01. The average molecular weight is 173 g/mol. The molecule has 4 nitrogen and oxygen atoms in total. The summed E-state index contributed by atoms with van der Waals surface area (Å²) in [5.41, 5.74) is 0.433. The molecule has 1 rings (SSSR count). The Morgan fingerprint density at radius 1 is 1.64 bits per heavy atom. The summed E-state index contributed by atoms with van der Waals surface area (Å²) < 4.78 is 31.4. The van der Waals surface area contributed by atoms with Crippen LogP contribution in [0.2, 0.25) is 0 Å². The third kappa shape index (κ3) is 1.75. The second-order valence-electron chi connectivity index (χ2n) is 2.14. The Balaban J connectivity index is 3.37. The largest absolute Gasteiger partial charge is 0.732 e. The Hall–Kier alpha value is -0.940. The molecule has 5 heteroatoms. The van der Waals surface area contributed by atoms with Crippen LogP contribution in [0.1, 0.15) is 5.56 Å². The molecule has 1 heterocycles. The van der Waals surface area contributed by atoms with Crippen molar-refractivity contribution in [2.24, 2.45) is 0 Å². The minimum absolute atomic E-state index is 0.264. The molecule has 0 amide bonds. The highest BCUT2D eigenvalue weighted by molar-refractivity contribution is 7.85. The van der Waals surface area contributed by atoms with Crippen molar-refractivity contribution in [3.05, 3.63) is 23.9 Å². The Morgan fingerprint density at radius 2 is 2.27 bits per heavy atom. The summed E-state index contributed by atoms with van der Waals surface area (Å²) >= 11 is 0. The van der Waals surface area contributed by atoms with E-state index in [2.05, 4.69) is 4.98 Å². The molecule has 0 fully saturated rings. The maximum Gasteiger partial charge on any atom is 0.223 e. The summed E-state index contributed by atoms with van der Waals surface area (Å²) in [5, 5.41) is -0.264. The summed E-state index contributed by atoms with van der Waals surface area (Å²) in [5.74, 6) is 0. The quantitative estimate of drug-likeness (QED) is 0.496. The summed E-state index contributed by atoms with van der Waals surface area (Å²) in [6.45, 7) is 1.56. The Morgan fingerprint density at radius 3 is 2.64 bits per heavy atom. The van der Waals surface area contributed by atoms with E-state index in [0.29, 0.717) is 5.56 Å². The van der Waals surface area contributed by atoms with Crippen LogP contribution >= 0.6 is 0 Å². The van der Waals surface area contributed by atoms with Crippen LogP contribution in [0.4, 0.5) is 0 Å². The Kier molecular flexibility index (Phi) is 1.92. The van der Waals surface area contributed by atoms with Crippen molar-refractivity contribution in [1.82, 2.24) is 4.98 Å². The van der Waals surface area contributed by atoms with Gasteiger partial charge < -0.3 is 4.55 Å². The number of aryl methyl sites for hydroxylation is 1. The molecule has 11 heavy (non-hydrogen) atoms. The summed E-state index contributed by atoms with van der Waals surface area (Å²) in [6.07, 6.45) is 1.40. The number of nitrogens with one attached hydrogen (secondary N) is 1.